The first-order valence-corrected chi connectivity index (χ1v) is 8.53. The summed E-state index contributed by atoms with van der Waals surface area (Å²) in [5, 5.41) is 3.61. The Morgan fingerprint density at radius 2 is 1.76 bits per heavy atom. The fourth-order valence-corrected chi connectivity index (χ4v) is 3.22. The largest absolute Gasteiger partial charge is 0.307 e. The highest BCUT2D eigenvalue weighted by atomic mass is 79.9. The molecule has 112 valence electrons. The number of benzene rings is 2. The molecule has 2 aromatic carbocycles. The maximum atomic E-state index is 3.61. The minimum absolute atomic E-state index is 0.263. The smallest absolute Gasteiger partial charge is 0.0579 e. The lowest BCUT2D eigenvalue weighted by atomic mass is 9.94. The highest BCUT2D eigenvalue weighted by Gasteiger charge is 2.15. The van der Waals surface area contributed by atoms with E-state index in [1.165, 1.54) is 28.7 Å². The Morgan fingerprint density at radius 3 is 2.33 bits per heavy atom. The molecule has 0 aromatic heterocycles. The van der Waals surface area contributed by atoms with Crippen molar-refractivity contribution in [3.8, 4) is 0 Å². The van der Waals surface area contributed by atoms with Gasteiger partial charge in [-0.25, -0.2) is 0 Å². The molecule has 1 N–H and O–H groups in total. The van der Waals surface area contributed by atoms with Crippen LogP contribution in [0.2, 0.25) is 0 Å². The molecule has 0 saturated heterocycles. The second kappa shape index (κ2) is 7.77. The molecule has 2 heteroatoms. The molecular formula is C19H24BrN. The van der Waals surface area contributed by atoms with Crippen LogP contribution < -0.4 is 5.32 Å². The van der Waals surface area contributed by atoms with Crippen molar-refractivity contribution < 1.29 is 0 Å². The third-order valence-electron chi connectivity index (χ3n) is 3.80. The summed E-state index contributed by atoms with van der Waals surface area (Å²) >= 11 is 3.55. The SMILES string of the molecule is CCCc1ccc(C(NCC)c2ccc(Br)cc2C)cc1. The molecule has 0 saturated carbocycles. The molecule has 0 radical (unpaired) electrons. The Hall–Kier alpha value is -1.12. The van der Waals surface area contributed by atoms with Gasteiger partial charge in [-0.3, -0.25) is 0 Å². The lowest BCUT2D eigenvalue weighted by Gasteiger charge is -2.21. The summed E-state index contributed by atoms with van der Waals surface area (Å²) in [4.78, 5) is 0. The minimum Gasteiger partial charge on any atom is -0.307 e. The third kappa shape index (κ3) is 4.18. The Labute approximate surface area is 136 Å². The lowest BCUT2D eigenvalue weighted by molar-refractivity contribution is 0.627. The van der Waals surface area contributed by atoms with Gasteiger partial charge in [0, 0.05) is 4.47 Å². The standard InChI is InChI=1S/C19H24BrN/c1-4-6-15-7-9-16(10-8-15)19(21-5-2)18-12-11-17(20)13-14(18)3/h7-13,19,21H,4-6H2,1-3H3. The summed E-state index contributed by atoms with van der Waals surface area (Å²) < 4.78 is 1.14. The van der Waals surface area contributed by atoms with Crippen LogP contribution in [0.3, 0.4) is 0 Å². The maximum Gasteiger partial charge on any atom is 0.0579 e. The normalized spacial score (nSPS) is 12.4. The van der Waals surface area contributed by atoms with Gasteiger partial charge in [-0.2, -0.15) is 0 Å². The van der Waals surface area contributed by atoms with Crippen molar-refractivity contribution in [2.45, 2.75) is 39.7 Å². The summed E-state index contributed by atoms with van der Waals surface area (Å²) in [6, 6.07) is 15.8. The van der Waals surface area contributed by atoms with E-state index in [1.807, 2.05) is 0 Å². The Kier molecular flexibility index (Phi) is 6.01. The summed E-state index contributed by atoms with van der Waals surface area (Å²) in [7, 11) is 0. The number of rotatable bonds is 6. The summed E-state index contributed by atoms with van der Waals surface area (Å²) in [6.45, 7) is 7.51. The summed E-state index contributed by atoms with van der Waals surface area (Å²) in [6.07, 6.45) is 2.35. The number of hydrogen-bond acceptors (Lipinski definition) is 1. The van der Waals surface area contributed by atoms with E-state index in [1.54, 1.807) is 0 Å². The zero-order valence-corrected chi connectivity index (χ0v) is 14.7. The second-order valence-corrected chi connectivity index (χ2v) is 6.40. The van der Waals surface area contributed by atoms with Crippen molar-refractivity contribution in [1.29, 1.82) is 0 Å². The van der Waals surface area contributed by atoms with E-state index in [-0.39, 0.29) is 6.04 Å². The zero-order chi connectivity index (χ0) is 15.2. The first kappa shape index (κ1) is 16.3. The van der Waals surface area contributed by atoms with Crippen LogP contribution in [0.25, 0.3) is 0 Å². The van der Waals surface area contributed by atoms with E-state index in [4.69, 9.17) is 0 Å². The van der Waals surface area contributed by atoms with Crippen molar-refractivity contribution in [3.63, 3.8) is 0 Å². The molecule has 2 aromatic rings. The Morgan fingerprint density at radius 1 is 1.05 bits per heavy atom. The van der Waals surface area contributed by atoms with Crippen LogP contribution in [0.5, 0.6) is 0 Å². The zero-order valence-electron chi connectivity index (χ0n) is 13.1. The fourth-order valence-electron chi connectivity index (χ4n) is 2.74. The summed E-state index contributed by atoms with van der Waals surface area (Å²) in [5.41, 5.74) is 5.42. The molecule has 21 heavy (non-hydrogen) atoms. The van der Waals surface area contributed by atoms with Gasteiger partial charge in [-0.15, -0.1) is 0 Å². The van der Waals surface area contributed by atoms with Crippen molar-refractivity contribution in [1.82, 2.24) is 5.32 Å². The van der Waals surface area contributed by atoms with E-state index in [2.05, 4.69) is 84.5 Å². The van der Waals surface area contributed by atoms with E-state index >= 15 is 0 Å². The second-order valence-electron chi connectivity index (χ2n) is 5.48. The van der Waals surface area contributed by atoms with Crippen LogP contribution in [0.4, 0.5) is 0 Å². The van der Waals surface area contributed by atoms with Crippen LogP contribution in [0.1, 0.15) is 48.6 Å². The topological polar surface area (TPSA) is 12.0 Å². The van der Waals surface area contributed by atoms with Crippen molar-refractivity contribution >= 4 is 15.9 Å². The van der Waals surface area contributed by atoms with Crippen LogP contribution >= 0.6 is 15.9 Å². The quantitative estimate of drug-likeness (QED) is 0.737. The van der Waals surface area contributed by atoms with Gasteiger partial charge in [0.05, 0.1) is 6.04 Å². The van der Waals surface area contributed by atoms with Crippen LogP contribution in [-0.4, -0.2) is 6.54 Å². The van der Waals surface area contributed by atoms with Gasteiger partial charge < -0.3 is 5.32 Å². The molecule has 1 atom stereocenters. The predicted octanol–water partition coefficient (Wildman–Crippen LogP) is 5.41. The monoisotopic (exact) mass is 345 g/mol. The third-order valence-corrected chi connectivity index (χ3v) is 4.30. The van der Waals surface area contributed by atoms with E-state index in [9.17, 15) is 0 Å². The highest BCUT2D eigenvalue weighted by Crippen LogP contribution is 2.27. The van der Waals surface area contributed by atoms with Crippen molar-refractivity contribution in [2.75, 3.05) is 6.54 Å². The first-order valence-electron chi connectivity index (χ1n) is 7.74. The maximum absolute atomic E-state index is 3.61. The van der Waals surface area contributed by atoms with Gasteiger partial charge in [0.25, 0.3) is 0 Å². The molecule has 0 spiro atoms. The molecule has 0 aliphatic rings. The number of nitrogens with one attached hydrogen (secondary N) is 1. The molecule has 2 rings (SSSR count). The van der Waals surface area contributed by atoms with Gasteiger partial charge in [0.1, 0.15) is 0 Å². The Bertz CT molecular complexity index is 575. The van der Waals surface area contributed by atoms with Gasteiger partial charge in [-0.1, -0.05) is 66.5 Å². The van der Waals surface area contributed by atoms with Crippen molar-refractivity contribution in [3.05, 3.63) is 69.2 Å². The molecule has 1 nitrogen and oxygen atoms in total. The van der Waals surface area contributed by atoms with Crippen molar-refractivity contribution in [2.24, 2.45) is 0 Å². The average molecular weight is 346 g/mol. The predicted molar refractivity (Wildman–Crippen MR) is 94.8 cm³/mol. The highest BCUT2D eigenvalue weighted by molar-refractivity contribution is 9.10. The Balaban J connectivity index is 2.33. The lowest BCUT2D eigenvalue weighted by Crippen LogP contribution is -2.22. The first-order chi connectivity index (χ1) is 10.2. The molecule has 0 aliphatic heterocycles. The number of aryl methyl sites for hydroxylation is 2. The molecule has 0 bridgehead atoms. The molecule has 0 amide bonds. The molecule has 0 heterocycles. The van der Waals surface area contributed by atoms with Gasteiger partial charge in [0.2, 0.25) is 0 Å². The molecule has 0 aliphatic carbocycles. The van der Waals surface area contributed by atoms with Crippen LogP contribution in [-0.2, 0) is 6.42 Å². The van der Waals surface area contributed by atoms with E-state index < -0.39 is 0 Å². The van der Waals surface area contributed by atoms with E-state index in [0.29, 0.717) is 0 Å². The molecule has 1 unspecified atom stereocenters. The molecular weight excluding hydrogens is 322 g/mol. The van der Waals surface area contributed by atoms with Crippen LogP contribution in [0, 0.1) is 6.92 Å². The minimum atomic E-state index is 0.263. The number of halogens is 1. The average Bonchev–Trinajstić information content (AvgIpc) is 2.47. The van der Waals surface area contributed by atoms with E-state index in [0.717, 1.165) is 17.4 Å². The summed E-state index contributed by atoms with van der Waals surface area (Å²) in [5.74, 6) is 0. The van der Waals surface area contributed by atoms with Crippen LogP contribution in [0.15, 0.2) is 46.9 Å². The fraction of sp³-hybridized carbons (Fsp3) is 0.368. The van der Waals surface area contributed by atoms with Gasteiger partial charge in [-0.05, 0) is 54.3 Å². The molecule has 0 fully saturated rings. The van der Waals surface area contributed by atoms with Gasteiger partial charge >= 0.3 is 0 Å². The number of hydrogen-bond donors (Lipinski definition) is 1. The van der Waals surface area contributed by atoms with Gasteiger partial charge in [0.15, 0.2) is 0 Å².